The number of hydrogen-bond acceptors (Lipinski definition) is 5. The standard InChI is InChI=1S/C17H28O5/c1-9-14(21-11-20-8)17(7,19)13(12(2)3)10-15(18)22-16(4,5)6/h10,12,19H,1,11H2,2-8H3/b13-10+. The Morgan fingerprint density at radius 1 is 1.32 bits per heavy atom. The van der Waals surface area contributed by atoms with Crippen molar-refractivity contribution in [3.63, 3.8) is 0 Å². The van der Waals surface area contributed by atoms with E-state index in [0.717, 1.165) is 0 Å². The minimum absolute atomic E-state index is 0.0498. The molecular formula is C17H28O5. The van der Waals surface area contributed by atoms with Crippen molar-refractivity contribution in [2.24, 2.45) is 5.92 Å². The fourth-order valence-corrected chi connectivity index (χ4v) is 1.94. The number of ether oxygens (including phenoxy) is 3. The molecule has 1 N–H and O–H groups in total. The van der Waals surface area contributed by atoms with Crippen molar-refractivity contribution in [2.75, 3.05) is 13.9 Å². The molecule has 0 spiro atoms. The van der Waals surface area contributed by atoms with Gasteiger partial charge >= 0.3 is 5.97 Å². The van der Waals surface area contributed by atoms with Crippen LogP contribution in [-0.4, -0.2) is 36.2 Å². The second-order valence-corrected chi connectivity index (χ2v) is 6.42. The van der Waals surface area contributed by atoms with Crippen molar-refractivity contribution in [3.8, 4) is 0 Å². The molecule has 0 saturated carbocycles. The van der Waals surface area contributed by atoms with Crippen LogP contribution in [0.2, 0.25) is 0 Å². The molecule has 5 nitrogen and oxygen atoms in total. The number of carbonyl (C=O) groups excluding carboxylic acids is 1. The summed E-state index contributed by atoms with van der Waals surface area (Å²) in [5.74, 6) is -0.540. The van der Waals surface area contributed by atoms with E-state index < -0.39 is 17.2 Å². The third-order valence-electron chi connectivity index (χ3n) is 2.79. The quantitative estimate of drug-likeness (QED) is 0.257. The first-order chi connectivity index (χ1) is 9.95. The van der Waals surface area contributed by atoms with Gasteiger partial charge < -0.3 is 19.3 Å². The Labute approximate surface area is 133 Å². The molecule has 0 heterocycles. The zero-order valence-corrected chi connectivity index (χ0v) is 14.6. The van der Waals surface area contributed by atoms with Crippen LogP contribution in [0.25, 0.3) is 0 Å². The fraction of sp³-hybridized carbons (Fsp3) is 0.647. The van der Waals surface area contributed by atoms with Crippen molar-refractivity contribution in [3.05, 3.63) is 29.7 Å². The van der Waals surface area contributed by atoms with Crippen LogP contribution in [0.1, 0.15) is 41.5 Å². The van der Waals surface area contributed by atoms with Gasteiger partial charge in [0.2, 0.25) is 0 Å². The van der Waals surface area contributed by atoms with E-state index in [1.54, 1.807) is 20.8 Å². The number of rotatable bonds is 7. The first-order valence-electron chi connectivity index (χ1n) is 7.15. The van der Waals surface area contributed by atoms with E-state index in [1.165, 1.54) is 20.1 Å². The summed E-state index contributed by atoms with van der Waals surface area (Å²) in [4.78, 5) is 12.0. The van der Waals surface area contributed by atoms with Gasteiger partial charge in [0, 0.05) is 13.2 Å². The zero-order valence-electron chi connectivity index (χ0n) is 14.6. The molecule has 0 aliphatic heterocycles. The molecule has 0 radical (unpaired) electrons. The maximum Gasteiger partial charge on any atom is 0.331 e. The molecule has 0 saturated heterocycles. The van der Waals surface area contributed by atoms with E-state index in [0.29, 0.717) is 5.57 Å². The van der Waals surface area contributed by atoms with Crippen LogP contribution in [0, 0.1) is 5.92 Å². The molecule has 0 aliphatic carbocycles. The lowest BCUT2D eigenvalue weighted by Gasteiger charge is -2.30. The van der Waals surface area contributed by atoms with E-state index in [1.807, 2.05) is 13.8 Å². The summed E-state index contributed by atoms with van der Waals surface area (Å²) >= 11 is 0. The lowest BCUT2D eigenvalue weighted by Crippen LogP contribution is -2.34. The van der Waals surface area contributed by atoms with Crippen LogP contribution in [0.3, 0.4) is 0 Å². The molecule has 0 fully saturated rings. The average Bonchev–Trinajstić information content (AvgIpc) is 2.34. The summed E-state index contributed by atoms with van der Waals surface area (Å²) in [7, 11) is 1.47. The monoisotopic (exact) mass is 312 g/mol. The van der Waals surface area contributed by atoms with E-state index >= 15 is 0 Å². The first-order valence-corrected chi connectivity index (χ1v) is 7.15. The highest BCUT2D eigenvalue weighted by molar-refractivity contribution is 5.83. The van der Waals surface area contributed by atoms with Crippen LogP contribution in [-0.2, 0) is 19.0 Å². The Kier molecular flexibility index (Phi) is 7.60. The van der Waals surface area contributed by atoms with Gasteiger partial charge in [-0.15, -0.1) is 0 Å². The van der Waals surface area contributed by atoms with Gasteiger partial charge in [-0.05, 0) is 39.2 Å². The maximum absolute atomic E-state index is 12.0. The van der Waals surface area contributed by atoms with Crippen LogP contribution < -0.4 is 0 Å². The SMILES string of the molecule is C=C=C(OCOC)C(C)(O)/C(=C/C(=O)OC(C)(C)C)C(C)C. The van der Waals surface area contributed by atoms with Crippen LogP contribution in [0.5, 0.6) is 0 Å². The van der Waals surface area contributed by atoms with Crippen molar-refractivity contribution >= 4 is 5.97 Å². The normalized spacial score (nSPS) is 15.0. The molecule has 1 unspecified atom stereocenters. The van der Waals surface area contributed by atoms with E-state index in [9.17, 15) is 9.90 Å². The van der Waals surface area contributed by atoms with E-state index in [2.05, 4.69) is 12.3 Å². The van der Waals surface area contributed by atoms with Gasteiger partial charge in [-0.25, -0.2) is 4.79 Å². The van der Waals surface area contributed by atoms with Gasteiger partial charge in [0.1, 0.15) is 11.2 Å². The number of hydrogen-bond donors (Lipinski definition) is 1. The van der Waals surface area contributed by atoms with Crippen molar-refractivity contribution < 1.29 is 24.1 Å². The van der Waals surface area contributed by atoms with Crippen LogP contribution >= 0.6 is 0 Å². The largest absolute Gasteiger partial charge is 0.460 e. The Morgan fingerprint density at radius 3 is 2.23 bits per heavy atom. The van der Waals surface area contributed by atoms with Gasteiger partial charge in [0.25, 0.3) is 0 Å². The van der Waals surface area contributed by atoms with E-state index in [-0.39, 0.29) is 18.5 Å². The highest BCUT2D eigenvalue weighted by atomic mass is 16.7. The molecule has 0 aliphatic rings. The molecule has 1 atom stereocenters. The van der Waals surface area contributed by atoms with Gasteiger partial charge in [-0.3, -0.25) is 0 Å². The number of methoxy groups -OCH3 is 1. The highest BCUT2D eigenvalue weighted by Gasteiger charge is 2.35. The lowest BCUT2D eigenvalue weighted by molar-refractivity contribution is -0.148. The van der Waals surface area contributed by atoms with Gasteiger partial charge in [0.15, 0.2) is 12.6 Å². The Morgan fingerprint density at radius 2 is 1.86 bits per heavy atom. The summed E-state index contributed by atoms with van der Waals surface area (Å²) in [6.07, 6.45) is 1.30. The van der Waals surface area contributed by atoms with Gasteiger partial charge in [-0.2, -0.15) is 0 Å². The lowest BCUT2D eigenvalue weighted by atomic mass is 9.85. The molecule has 0 rings (SSSR count). The predicted molar refractivity (Wildman–Crippen MR) is 85.0 cm³/mol. The Bertz CT molecular complexity index is 460. The third-order valence-corrected chi connectivity index (χ3v) is 2.79. The number of esters is 1. The number of carbonyl (C=O) groups is 1. The van der Waals surface area contributed by atoms with Crippen LogP contribution in [0.15, 0.2) is 29.7 Å². The summed E-state index contributed by atoms with van der Waals surface area (Å²) in [6, 6.07) is 0. The smallest absolute Gasteiger partial charge is 0.331 e. The minimum Gasteiger partial charge on any atom is -0.460 e. The predicted octanol–water partition coefficient (Wildman–Crippen LogP) is 2.95. The van der Waals surface area contributed by atoms with Crippen molar-refractivity contribution in [1.29, 1.82) is 0 Å². The average molecular weight is 312 g/mol. The van der Waals surface area contributed by atoms with Crippen molar-refractivity contribution in [1.82, 2.24) is 0 Å². The summed E-state index contributed by atoms with van der Waals surface area (Å²) in [5.41, 5.74) is 0.861. The molecule has 0 aromatic heterocycles. The van der Waals surface area contributed by atoms with Gasteiger partial charge in [0.05, 0.1) is 0 Å². The fourth-order valence-electron chi connectivity index (χ4n) is 1.94. The zero-order chi connectivity index (χ0) is 17.6. The highest BCUT2D eigenvalue weighted by Crippen LogP contribution is 2.31. The van der Waals surface area contributed by atoms with Gasteiger partial charge in [-0.1, -0.05) is 26.2 Å². The summed E-state index contributed by atoms with van der Waals surface area (Å²) in [5, 5.41) is 10.8. The van der Waals surface area contributed by atoms with E-state index in [4.69, 9.17) is 14.2 Å². The second kappa shape index (κ2) is 8.18. The third kappa shape index (κ3) is 6.48. The number of aliphatic hydroxyl groups is 1. The molecule has 0 aromatic rings. The molecule has 22 heavy (non-hydrogen) atoms. The first kappa shape index (κ1) is 20.5. The Balaban J connectivity index is 5.55. The Hall–Kier alpha value is -1.55. The summed E-state index contributed by atoms with van der Waals surface area (Å²) < 4.78 is 15.4. The molecule has 0 bridgehead atoms. The minimum atomic E-state index is -1.54. The molecule has 0 aromatic carbocycles. The molecule has 0 amide bonds. The molecule has 5 heteroatoms. The topological polar surface area (TPSA) is 65.0 Å². The van der Waals surface area contributed by atoms with Crippen LogP contribution in [0.4, 0.5) is 0 Å². The second-order valence-electron chi connectivity index (χ2n) is 6.42. The maximum atomic E-state index is 12.0. The molecular weight excluding hydrogens is 284 g/mol. The van der Waals surface area contributed by atoms with Crippen molar-refractivity contribution in [2.45, 2.75) is 52.7 Å². The molecule has 126 valence electrons. The summed E-state index contributed by atoms with van der Waals surface area (Å²) in [6.45, 7) is 14.1.